The number of rotatable bonds is 5. The van der Waals surface area contributed by atoms with Gasteiger partial charge in [-0.15, -0.1) is 0 Å². The molecule has 0 aliphatic carbocycles. The standard InChI is InChI=1S/C14H23N3O2S/c1-17-8-2-3-14(10-17)16-20(18,19)11-13-6-4-12(9-15)5-7-13/h4-7,14,16H,2-3,8-11,15H2,1H3. The number of likely N-dealkylation sites (tertiary alicyclic amines) is 1. The zero-order valence-corrected chi connectivity index (χ0v) is 12.7. The zero-order chi connectivity index (χ0) is 14.6. The molecular formula is C14H23N3O2S. The molecule has 0 aromatic heterocycles. The average Bonchev–Trinajstić information content (AvgIpc) is 2.38. The van der Waals surface area contributed by atoms with E-state index in [0.29, 0.717) is 6.54 Å². The van der Waals surface area contributed by atoms with Crippen LogP contribution >= 0.6 is 0 Å². The summed E-state index contributed by atoms with van der Waals surface area (Å²) in [5.41, 5.74) is 7.33. The molecular weight excluding hydrogens is 274 g/mol. The van der Waals surface area contributed by atoms with Crippen LogP contribution in [-0.4, -0.2) is 39.5 Å². The minimum atomic E-state index is -3.29. The molecule has 2 rings (SSSR count). The van der Waals surface area contributed by atoms with Gasteiger partial charge in [0.15, 0.2) is 0 Å². The van der Waals surface area contributed by atoms with Crippen LogP contribution in [-0.2, 0) is 22.3 Å². The Morgan fingerprint density at radius 2 is 1.95 bits per heavy atom. The number of piperidine rings is 1. The highest BCUT2D eigenvalue weighted by Crippen LogP contribution is 2.12. The highest BCUT2D eigenvalue weighted by Gasteiger charge is 2.22. The van der Waals surface area contributed by atoms with Crippen LogP contribution in [0.3, 0.4) is 0 Å². The van der Waals surface area contributed by atoms with Crippen LogP contribution in [0.1, 0.15) is 24.0 Å². The summed E-state index contributed by atoms with van der Waals surface area (Å²) in [6.07, 6.45) is 1.95. The van der Waals surface area contributed by atoms with Crippen molar-refractivity contribution in [1.29, 1.82) is 0 Å². The normalized spacial score (nSPS) is 21.0. The summed E-state index contributed by atoms with van der Waals surface area (Å²) in [6, 6.07) is 7.43. The molecule has 1 aliphatic rings. The maximum Gasteiger partial charge on any atom is 0.216 e. The summed E-state index contributed by atoms with van der Waals surface area (Å²) in [5.74, 6) is 0.0259. The fraction of sp³-hybridized carbons (Fsp3) is 0.571. The smallest absolute Gasteiger partial charge is 0.216 e. The number of sulfonamides is 1. The molecule has 0 radical (unpaired) electrons. The van der Waals surface area contributed by atoms with Gasteiger partial charge in [0.25, 0.3) is 0 Å². The van der Waals surface area contributed by atoms with Crippen molar-refractivity contribution in [2.24, 2.45) is 5.73 Å². The number of hydrogen-bond donors (Lipinski definition) is 2. The van der Waals surface area contributed by atoms with Crippen molar-refractivity contribution >= 4 is 10.0 Å². The van der Waals surface area contributed by atoms with E-state index in [0.717, 1.165) is 37.1 Å². The lowest BCUT2D eigenvalue weighted by atomic mass is 10.1. The Hall–Kier alpha value is -0.950. The second kappa shape index (κ2) is 6.67. The molecule has 1 atom stereocenters. The van der Waals surface area contributed by atoms with Gasteiger partial charge in [-0.05, 0) is 37.6 Å². The van der Waals surface area contributed by atoms with Gasteiger partial charge < -0.3 is 10.6 Å². The van der Waals surface area contributed by atoms with E-state index in [-0.39, 0.29) is 11.8 Å². The summed E-state index contributed by atoms with van der Waals surface area (Å²) in [6.45, 7) is 2.30. The van der Waals surface area contributed by atoms with Gasteiger partial charge >= 0.3 is 0 Å². The van der Waals surface area contributed by atoms with Crippen LogP contribution in [0.4, 0.5) is 0 Å². The lowest BCUT2D eigenvalue weighted by Gasteiger charge is -2.29. The fourth-order valence-corrected chi connectivity index (χ4v) is 3.96. The molecule has 0 bridgehead atoms. The quantitative estimate of drug-likeness (QED) is 0.837. The lowest BCUT2D eigenvalue weighted by Crippen LogP contribution is -2.46. The van der Waals surface area contributed by atoms with Crippen LogP contribution in [0, 0.1) is 0 Å². The van der Waals surface area contributed by atoms with E-state index in [1.54, 1.807) is 0 Å². The molecule has 6 heteroatoms. The number of benzene rings is 1. The number of likely N-dealkylation sites (N-methyl/N-ethyl adjacent to an activating group) is 1. The average molecular weight is 297 g/mol. The first-order valence-electron chi connectivity index (χ1n) is 6.95. The fourth-order valence-electron chi connectivity index (χ4n) is 2.55. The minimum absolute atomic E-state index is 0.0259. The first kappa shape index (κ1) is 15.4. The molecule has 0 saturated carbocycles. The Kier molecular flexibility index (Phi) is 5.15. The van der Waals surface area contributed by atoms with Gasteiger partial charge in [-0.25, -0.2) is 13.1 Å². The van der Waals surface area contributed by atoms with E-state index in [1.807, 2.05) is 31.3 Å². The number of nitrogens with two attached hydrogens (primary N) is 1. The van der Waals surface area contributed by atoms with Gasteiger partial charge in [-0.3, -0.25) is 0 Å². The molecule has 0 amide bonds. The first-order valence-corrected chi connectivity index (χ1v) is 8.60. The van der Waals surface area contributed by atoms with Crippen LogP contribution in [0.25, 0.3) is 0 Å². The van der Waals surface area contributed by atoms with Gasteiger partial charge in [-0.2, -0.15) is 0 Å². The van der Waals surface area contributed by atoms with Crippen molar-refractivity contribution in [3.8, 4) is 0 Å². The molecule has 1 saturated heterocycles. The van der Waals surface area contributed by atoms with E-state index in [4.69, 9.17) is 5.73 Å². The second-order valence-electron chi connectivity index (χ2n) is 5.50. The van der Waals surface area contributed by atoms with Crippen molar-refractivity contribution in [2.45, 2.75) is 31.2 Å². The van der Waals surface area contributed by atoms with Gasteiger partial charge in [0.1, 0.15) is 0 Å². The SMILES string of the molecule is CN1CCCC(NS(=O)(=O)Cc2ccc(CN)cc2)C1. The monoisotopic (exact) mass is 297 g/mol. The van der Waals surface area contributed by atoms with Crippen molar-refractivity contribution in [1.82, 2.24) is 9.62 Å². The van der Waals surface area contributed by atoms with E-state index < -0.39 is 10.0 Å². The van der Waals surface area contributed by atoms with E-state index in [2.05, 4.69) is 9.62 Å². The maximum absolute atomic E-state index is 12.2. The molecule has 0 spiro atoms. The Morgan fingerprint density at radius 1 is 1.30 bits per heavy atom. The van der Waals surface area contributed by atoms with Gasteiger partial charge in [0, 0.05) is 19.1 Å². The molecule has 20 heavy (non-hydrogen) atoms. The highest BCUT2D eigenvalue weighted by atomic mass is 32.2. The molecule has 1 heterocycles. The number of hydrogen-bond acceptors (Lipinski definition) is 4. The number of nitrogens with one attached hydrogen (secondary N) is 1. The summed E-state index contributed by atoms with van der Waals surface area (Å²) in [7, 11) is -1.27. The third-order valence-electron chi connectivity index (χ3n) is 3.59. The highest BCUT2D eigenvalue weighted by molar-refractivity contribution is 7.88. The largest absolute Gasteiger partial charge is 0.326 e. The van der Waals surface area contributed by atoms with E-state index >= 15 is 0 Å². The molecule has 112 valence electrons. The Labute approximate surface area is 121 Å². The van der Waals surface area contributed by atoms with Crippen LogP contribution < -0.4 is 10.5 Å². The Balaban J connectivity index is 1.95. The van der Waals surface area contributed by atoms with Crippen LogP contribution in [0.15, 0.2) is 24.3 Å². The van der Waals surface area contributed by atoms with Crippen LogP contribution in [0.2, 0.25) is 0 Å². The van der Waals surface area contributed by atoms with Crippen molar-refractivity contribution in [3.63, 3.8) is 0 Å². The molecule has 5 nitrogen and oxygen atoms in total. The molecule has 1 fully saturated rings. The third kappa shape index (κ3) is 4.56. The summed E-state index contributed by atoms with van der Waals surface area (Å²) >= 11 is 0. The maximum atomic E-state index is 12.2. The van der Waals surface area contributed by atoms with E-state index in [9.17, 15) is 8.42 Å². The minimum Gasteiger partial charge on any atom is -0.326 e. The molecule has 1 aromatic rings. The second-order valence-corrected chi connectivity index (χ2v) is 7.25. The predicted octanol–water partition coefficient (Wildman–Crippen LogP) is 0.659. The number of nitrogens with zero attached hydrogens (tertiary/aromatic N) is 1. The van der Waals surface area contributed by atoms with Crippen molar-refractivity contribution in [3.05, 3.63) is 35.4 Å². The summed E-state index contributed by atoms with van der Waals surface area (Å²) in [5, 5.41) is 0. The molecule has 3 N–H and O–H groups in total. The van der Waals surface area contributed by atoms with Crippen LogP contribution in [0.5, 0.6) is 0 Å². The topological polar surface area (TPSA) is 75.4 Å². The molecule has 1 aromatic carbocycles. The molecule has 1 unspecified atom stereocenters. The zero-order valence-electron chi connectivity index (χ0n) is 11.9. The Morgan fingerprint density at radius 3 is 2.55 bits per heavy atom. The summed E-state index contributed by atoms with van der Waals surface area (Å²) < 4.78 is 27.2. The lowest BCUT2D eigenvalue weighted by molar-refractivity contribution is 0.242. The van der Waals surface area contributed by atoms with Crippen molar-refractivity contribution < 1.29 is 8.42 Å². The van der Waals surface area contributed by atoms with Gasteiger partial charge in [-0.1, -0.05) is 24.3 Å². The predicted molar refractivity (Wildman–Crippen MR) is 80.6 cm³/mol. The van der Waals surface area contributed by atoms with Crippen molar-refractivity contribution in [2.75, 3.05) is 20.1 Å². The van der Waals surface area contributed by atoms with E-state index in [1.165, 1.54) is 0 Å². The first-order chi connectivity index (χ1) is 9.48. The molecule has 1 aliphatic heterocycles. The Bertz CT molecular complexity index is 528. The van der Waals surface area contributed by atoms with Gasteiger partial charge in [0.2, 0.25) is 10.0 Å². The third-order valence-corrected chi connectivity index (χ3v) is 4.99. The van der Waals surface area contributed by atoms with Gasteiger partial charge in [0.05, 0.1) is 5.75 Å². The summed E-state index contributed by atoms with van der Waals surface area (Å²) in [4.78, 5) is 2.16.